The number of hydrogen-bond acceptors (Lipinski definition) is 3. The Hall–Kier alpha value is -1.64. The first kappa shape index (κ1) is 11.8. The van der Waals surface area contributed by atoms with Gasteiger partial charge in [0.05, 0.1) is 6.61 Å². The predicted molar refractivity (Wildman–Crippen MR) is 64.4 cm³/mol. The van der Waals surface area contributed by atoms with Gasteiger partial charge in [0.25, 0.3) is 0 Å². The normalized spacial score (nSPS) is 14.9. The van der Waals surface area contributed by atoms with Crippen molar-refractivity contribution in [3.8, 4) is 5.75 Å². The molecule has 0 amide bonds. The highest BCUT2D eigenvalue weighted by atomic mass is 16.5. The van der Waals surface area contributed by atoms with Crippen LogP contribution in [-0.4, -0.2) is 18.2 Å². The number of hydrogen-bond donors (Lipinski definition) is 0. The van der Waals surface area contributed by atoms with Crippen molar-refractivity contribution in [2.24, 2.45) is 5.92 Å². The molecule has 0 saturated heterocycles. The third kappa shape index (κ3) is 2.54. The van der Waals surface area contributed by atoms with Gasteiger partial charge in [-0.1, -0.05) is 6.92 Å². The van der Waals surface area contributed by atoms with Gasteiger partial charge in [0.1, 0.15) is 11.5 Å². The van der Waals surface area contributed by atoms with Gasteiger partial charge in [-0.15, -0.1) is 0 Å². The predicted octanol–water partition coefficient (Wildman–Crippen LogP) is 2.42. The van der Waals surface area contributed by atoms with Crippen molar-refractivity contribution in [2.75, 3.05) is 6.61 Å². The van der Waals surface area contributed by atoms with Crippen LogP contribution in [-0.2, 0) is 11.2 Å². The SMILES string of the molecule is CC(=O)CC(C)C(=O)c1ccc2c(c1)CCO2. The topological polar surface area (TPSA) is 43.4 Å². The van der Waals surface area contributed by atoms with Crippen LogP contribution < -0.4 is 4.74 Å². The molecule has 1 aliphatic rings. The Balaban J connectivity index is 2.17. The second-order valence-electron chi connectivity index (χ2n) is 4.59. The molecular formula is C14H16O3. The highest BCUT2D eigenvalue weighted by molar-refractivity contribution is 5.99. The summed E-state index contributed by atoms with van der Waals surface area (Å²) in [6, 6.07) is 5.51. The summed E-state index contributed by atoms with van der Waals surface area (Å²) in [6.45, 7) is 4.00. The first-order chi connectivity index (χ1) is 8.08. The fourth-order valence-corrected chi connectivity index (χ4v) is 2.15. The third-order valence-electron chi connectivity index (χ3n) is 3.02. The minimum absolute atomic E-state index is 0.0369. The van der Waals surface area contributed by atoms with E-state index in [1.54, 1.807) is 13.0 Å². The van der Waals surface area contributed by atoms with Crippen LogP contribution in [0.5, 0.6) is 5.75 Å². The van der Waals surface area contributed by atoms with Crippen molar-refractivity contribution in [1.29, 1.82) is 0 Å². The van der Waals surface area contributed by atoms with Gasteiger partial charge in [0.2, 0.25) is 0 Å². The largest absolute Gasteiger partial charge is 0.493 e. The van der Waals surface area contributed by atoms with Crippen molar-refractivity contribution >= 4 is 11.6 Å². The van der Waals surface area contributed by atoms with E-state index in [4.69, 9.17) is 4.74 Å². The lowest BCUT2D eigenvalue weighted by Gasteiger charge is -2.09. The molecule has 3 nitrogen and oxygen atoms in total. The second kappa shape index (κ2) is 4.70. The average Bonchev–Trinajstić information content (AvgIpc) is 2.73. The van der Waals surface area contributed by atoms with Gasteiger partial charge in [-0.2, -0.15) is 0 Å². The van der Waals surface area contributed by atoms with Crippen LogP contribution in [0.15, 0.2) is 18.2 Å². The summed E-state index contributed by atoms with van der Waals surface area (Å²) in [5.41, 5.74) is 1.77. The van der Waals surface area contributed by atoms with Gasteiger partial charge in [-0.05, 0) is 30.7 Å². The van der Waals surface area contributed by atoms with Crippen molar-refractivity contribution in [1.82, 2.24) is 0 Å². The molecule has 1 unspecified atom stereocenters. The number of ketones is 2. The highest BCUT2D eigenvalue weighted by Gasteiger charge is 2.19. The highest BCUT2D eigenvalue weighted by Crippen LogP contribution is 2.27. The summed E-state index contributed by atoms with van der Waals surface area (Å²) >= 11 is 0. The van der Waals surface area contributed by atoms with E-state index in [1.165, 1.54) is 6.92 Å². The zero-order chi connectivity index (χ0) is 12.4. The number of rotatable bonds is 4. The Morgan fingerprint density at radius 1 is 1.41 bits per heavy atom. The van der Waals surface area contributed by atoms with Gasteiger partial charge in [-0.3, -0.25) is 4.79 Å². The maximum atomic E-state index is 12.1. The van der Waals surface area contributed by atoms with Crippen LogP contribution in [0.4, 0.5) is 0 Å². The molecule has 17 heavy (non-hydrogen) atoms. The van der Waals surface area contributed by atoms with E-state index in [0.717, 1.165) is 17.7 Å². The molecule has 3 heteroatoms. The average molecular weight is 232 g/mol. The molecule has 0 N–H and O–H groups in total. The molecule has 90 valence electrons. The van der Waals surface area contributed by atoms with Crippen molar-refractivity contribution in [3.05, 3.63) is 29.3 Å². The molecular weight excluding hydrogens is 216 g/mol. The standard InChI is InChI=1S/C14H16O3/c1-9(7-10(2)15)14(16)12-3-4-13-11(8-12)5-6-17-13/h3-4,8-9H,5-7H2,1-2H3. The molecule has 0 aliphatic carbocycles. The number of fused-ring (bicyclic) bond motifs is 1. The van der Waals surface area contributed by atoms with Gasteiger partial charge < -0.3 is 9.53 Å². The zero-order valence-electron chi connectivity index (χ0n) is 10.2. The van der Waals surface area contributed by atoms with Gasteiger partial charge >= 0.3 is 0 Å². The molecule has 1 atom stereocenters. The molecule has 0 aromatic heterocycles. The molecule has 0 saturated carbocycles. The summed E-state index contributed by atoms with van der Waals surface area (Å²) in [5, 5.41) is 0. The van der Waals surface area contributed by atoms with Crippen LogP contribution in [0.3, 0.4) is 0 Å². The van der Waals surface area contributed by atoms with E-state index in [0.29, 0.717) is 18.6 Å². The number of ether oxygens (including phenoxy) is 1. The maximum absolute atomic E-state index is 12.1. The molecule has 0 bridgehead atoms. The summed E-state index contributed by atoms with van der Waals surface area (Å²) in [4.78, 5) is 23.1. The Bertz CT molecular complexity index is 463. The van der Waals surface area contributed by atoms with Crippen LogP contribution in [0.25, 0.3) is 0 Å². The third-order valence-corrected chi connectivity index (χ3v) is 3.02. The molecule has 0 radical (unpaired) electrons. The first-order valence-corrected chi connectivity index (χ1v) is 5.87. The van der Waals surface area contributed by atoms with Gasteiger partial charge in [-0.25, -0.2) is 0 Å². The number of carbonyl (C=O) groups excluding carboxylic acids is 2. The van der Waals surface area contributed by atoms with E-state index >= 15 is 0 Å². The minimum atomic E-state index is -0.243. The Labute approximate surface area is 101 Å². The van der Waals surface area contributed by atoms with Gasteiger partial charge in [0.15, 0.2) is 5.78 Å². The fraction of sp³-hybridized carbons (Fsp3) is 0.429. The quantitative estimate of drug-likeness (QED) is 0.749. The smallest absolute Gasteiger partial charge is 0.166 e. The van der Waals surface area contributed by atoms with Crippen molar-refractivity contribution in [2.45, 2.75) is 26.7 Å². The molecule has 2 rings (SSSR count). The minimum Gasteiger partial charge on any atom is -0.493 e. The summed E-state index contributed by atoms with van der Waals surface area (Å²) < 4.78 is 5.39. The maximum Gasteiger partial charge on any atom is 0.166 e. The van der Waals surface area contributed by atoms with Crippen LogP contribution in [0.1, 0.15) is 36.2 Å². The molecule has 0 fully saturated rings. The van der Waals surface area contributed by atoms with Crippen LogP contribution >= 0.6 is 0 Å². The first-order valence-electron chi connectivity index (χ1n) is 5.87. The van der Waals surface area contributed by atoms with Crippen molar-refractivity contribution in [3.63, 3.8) is 0 Å². The van der Waals surface area contributed by atoms with Crippen molar-refractivity contribution < 1.29 is 14.3 Å². The van der Waals surface area contributed by atoms with Gasteiger partial charge in [0, 0.05) is 24.3 Å². The van der Waals surface area contributed by atoms with E-state index in [1.807, 2.05) is 12.1 Å². The summed E-state index contributed by atoms with van der Waals surface area (Å²) in [7, 11) is 0. The number of carbonyl (C=O) groups is 2. The Kier molecular flexibility index (Phi) is 3.27. The summed E-state index contributed by atoms with van der Waals surface area (Å²) in [5.74, 6) is 0.721. The van der Waals surface area contributed by atoms with E-state index in [-0.39, 0.29) is 17.5 Å². The summed E-state index contributed by atoms with van der Waals surface area (Å²) in [6.07, 6.45) is 1.17. The monoisotopic (exact) mass is 232 g/mol. The Morgan fingerprint density at radius 2 is 2.18 bits per heavy atom. The van der Waals surface area contributed by atoms with E-state index in [9.17, 15) is 9.59 Å². The zero-order valence-corrected chi connectivity index (χ0v) is 10.2. The molecule has 1 aromatic carbocycles. The van der Waals surface area contributed by atoms with E-state index < -0.39 is 0 Å². The molecule has 0 spiro atoms. The second-order valence-corrected chi connectivity index (χ2v) is 4.59. The lowest BCUT2D eigenvalue weighted by Crippen LogP contribution is -2.14. The lowest BCUT2D eigenvalue weighted by molar-refractivity contribution is -0.117. The fourth-order valence-electron chi connectivity index (χ4n) is 2.15. The van der Waals surface area contributed by atoms with Crippen LogP contribution in [0, 0.1) is 5.92 Å². The Morgan fingerprint density at radius 3 is 2.88 bits per heavy atom. The lowest BCUT2D eigenvalue weighted by atomic mass is 9.93. The number of benzene rings is 1. The number of Topliss-reactive ketones (excluding diaryl/α,β-unsaturated/α-hetero) is 2. The van der Waals surface area contributed by atoms with E-state index in [2.05, 4.69) is 0 Å². The molecule has 1 aliphatic heterocycles. The molecule has 1 aromatic rings. The van der Waals surface area contributed by atoms with Crippen LogP contribution in [0.2, 0.25) is 0 Å². The molecule has 1 heterocycles.